The zero-order chi connectivity index (χ0) is 18.5. The number of carbonyl (C=O) groups is 2. The highest BCUT2D eigenvalue weighted by Gasteiger charge is 2.10. The molecule has 0 aliphatic rings. The molecule has 0 heterocycles. The lowest BCUT2D eigenvalue weighted by Gasteiger charge is -2.09. The van der Waals surface area contributed by atoms with E-state index in [1.807, 2.05) is 56.3 Å². The summed E-state index contributed by atoms with van der Waals surface area (Å²) in [5.41, 5.74) is 4.52. The van der Waals surface area contributed by atoms with Gasteiger partial charge >= 0.3 is 0 Å². The number of amides is 2. The average molecular weight is 344 g/mol. The van der Waals surface area contributed by atoms with Gasteiger partial charge in [0, 0.05) is 22.5 Å². The fourth-order valence-electron chi connectivity index (χ4n) is 2.57. The van der Waals surface area contributed by atoms with E-state index in [4.69, 9.17) is 0 Å². The molecule has 26 heavy (non-hydrogen) atoms. The molecule has 2 N–H and O–H groups in total. The molecule has 0 aliphatic carbocycles. The van der Waals surface area contributed by atoms with E-state index < -0.39 is 0 Å². The average Bonchev–Trinajstić information content (AvgIpc) is 2.64. The molecule has 0 aromatic heterocycles. The largest absolute Gasteiger partial charge is 0.322 e. The van der Waals surface area contributed by atoms with Gasteiger partial charge in [-0.2, -0.15) is 0 Å². The number of aryl methyl sites for hydroxylation is 2. The number of hydrogen-bond acceptors (Lipinski definition) is 2. The van der Waals surface area contributed by atoms with Gasteiger partial charge in [0.25, 0.3) is 11.8 Å². The quantitative estimate of drug-likeness (QED) is 0.714. The molecule has 3 aromatic carbocycles. The fraction of sp³-hybridized carbons (Fsp3) is 0.0909. The van der Waals surface area contributed by atoms with Gasteiger partial charge in [-0.3, -0.25) is 9.59 Å². The van der Waals surface area contributed by atoms with Crippen LogP contribution in [0.2, 0.25) is 0 Å². The first-order valence-electron chi connectivity index (χ1n) is 8.37. The standard InChI is InChI=1S/C22H20N2O2/c1-15-9-11-19(12-10-15)23-22(26)18-7-4-8-20(14-18)24-21(25)17-6-3-5-16(2)13-17/h3-14H,1-2H3,(H,23,26)(H,24,25). The number of rotatable bonds is 4. The number of carbonyl (C=O) groups excluding carboxylic acids is 2. The number of benzene rings is 3. The second kappa shape index (κ2) is 7.66. The lowest BCUT2D eigenvalue weighted by Crippen LogP contribution is -2.14. The smallest absolute Gasteiger partial charge is 0.255 e. The Balaban J connectivity index is 1.72. The lowest BCUT2D eigenvalue weighted by atomic mass is 10.1. The van der Waals surface area contributed by atoms with Gasteiger partial charge in [0.05, 0.1) is 0 Å². The van der Waals surface area contributed by atoms with Crippen molar-refractivity contribution in [1.29, 1.82) is 0 Å². The van der Waals surface area contributed by atoms with Gasteiger partial charge in [-0.25, -0.2) is 0 Å². The van der Waals surface area contributed by atoms with E-state index in [-0.39, 0.29) is 11.8 Å². The maximum Gasteiger partial charge on any atom is 0.255 e. The van der Waals surface area contributed by atoms with Crippen LogP contribution in [0.3, 0.4) is 0 Å². The molecule has 0 radical (unpaired) electrons. The van der Waals surface area contributed by atoms with Gasteiger partial charge in [-0.15, -0.1) is 0 Å². The Bertz CT molecular complexity index is 946. The molecule has 2 amide bonds. The molecule has 3 aromatic rings. The summed E-state index contributed by atoms with van der Waals surface area (Å²) < 4.78 is 0. The first-order chi connectivity index (χ1) is 12.5. The van der Waals surface area contributed by atoms with Crippen LogP contribution in [0.15, 0.2) is 72.8 Å². The predicted molar refractivity (Wildman–Crippen MR) is 105 cm³/mol. The minimum atomic E-state index is -0.222. The van der Waals surface area contributed by atoms with Gasteiger partial charge in [-0.1, -0.05) is 41.5 Å². The minimum Gasteiger partial charge on any atom is -0.322 e. The highest BCUT2D eigenvalue weighted by molar-refractivity contribution is 6.07. The Morgan fingerprint density at radius 1 is 0.615 bits per heavy atom. The van der Waals surface area contributed by atoms with Crippen molar-refractivity contribution in [3.05, 3.63) is 95.1 Å². The molecule has 0 atom stereocenters. The molecular weight excluding hydrogens is 324 g/mol. The van der Waals surface area contributed by atoms with E-state index in [1.165, 1.54) is 0 Å². The molecule has 0 aliphatic heterocycles. The zero-order valence-electron chi connectivity index (χ0n) is 14.7. The van der Waals surface area contributed by atoms with Crippen molar-refractivity contribution in [2.24, 2.45) is 0 Å². The van der Waals surface area contributed by atoms with Crippen LogP contribution in [0, 0.1) is 13.8 Å². The highest BCUT2D eigenvalue weighted by atomic mass is 16.2. The van der Waals surface area contributed by atoms with E-state index in [0.29, 0.717) is 16.8 Å². The van der Waals surface area contributed by atoms with Gasteiger partial charge in [0.15, 0.2) is 0 Å². The molecule has 4 nitrogen and oxygen atoms in total. The van der Waals surface area contributed by atoms with Crippen LogP contribution in [-0.4, -0.2) is 11.8 Å². The first-order valence-corrected chi connectivity index (χ1v) is 8.37. The van der Waals surface area contributed by atoms with Crippen LogP contribution in [0.4, 0.5) is 11.4 Å². The molecule has 0 spiro atoms. The predicted octanol–water partition coefficient (Wildman–Crippen LogP) is 4.81. The van der Waals surface area contributed by atoms with Crippen LogP contribution >= 0.6 is 0 Å². The van der Waals surface area contributed by atoms with Crippen molar-refractivity contribution in [3.8, 4) is 0 Å². The van der Waals surface area contributed by atoms with E-state index in [0.717, 1.165) is 16.8 Å². The van der Waals surface area contributed by atoms with Gasteiger partial charge in [0.2, 0.25) is 0 Å². The molecule has 0 saturated heterocycles. The van der Waals surface area contributed by atoms with Crippen LogP contribution < -0.4 is 10.6 Å². The molecule has 130 valence electrons. The highest BCUT2D eigenvalue weighted by Crippen LogP contribution is 2.15. The van der Waals surface area contributed by atoms with Crippen molar-refractivity contribution < 1.29 is 9.59 Å². The second-order valence-corrected chi connectivity index (χ2v) is 6.22. The third kappa shape index (κ3) is 4.36. The second-order valence-electron chi connectivity index (χ2n) is 6.22. The van der Waals surface area contributed by atoms with Crippen LogP contribution in [-0.2, 0) is 0 Å². The Morgan fingerprint density at radius 2 is 1.19 bits per heavy atom. The van der Waals surface area contributed by atoms with Crippen molar-refractivity contribution in [1.82, 2.24) is 0 Å². The minimum absolute atomic E-state index is 0.204. The van der Waals surface area contributed by atoms with Crippen LogP contribution in [0.5, 0.6) is 0 Å². The molecule has 0 unspecified atom stereocenters. The zero-order valence-corrected chi connectivity index (χ0v) is 14.7. The molecule has 0 bridgehead atoms. The summed E-state index contributed by atoms with van der Waals surface area (Å²) in [5, 5.41) is 5.69. The Labute approximate surface area is 152 Å². The number of nitrogens with one attached hydrogen (secondary N) is 2. The Kier molecular flexibility index (Phi) is 5.13. The van der Waals surface area contributed by atoms with Gasteiger partial charge < -0.3 is 10.6 Å². The molecule has 0 saturated carbocycles. The number of hydrogen-bond donors (Lipinski definition) is 2. The van der Waals surface area contributed by atoms with Crippen LogP contribution in [0.1, 0.15) is 31.8 Å². The third-order valence-corrected chi connectivity index (χ3v) is 3.97. The van der Waals surface area contributed by atoms with Crippen molar-refractivity contribution in [3.63, 3.8) is 0 Å². The maximum absolute atomic E-state index is 12.4. The van der Waals surface area contributed by atoms with E-state index in [9.17, 15) is 9.59 Å². The normalized spacial score (nSPS) is 10.2. The fourth-order valence-corrected chi connectivity index (χ4v) is 2.57. The maximum atomic E-state index is 12.4. The van der Waals surface area contributed by atoms with Crippen molar-refractivity contribution in [2.75, 3.05) is 10.6 Å². The Hall–Kier alpha value is -3.40. The summed E-state index contributed by atoms with van der Waals surface area (Å²) in [7, 11) is 0. The van der Waals surface area contributed by atoms with Crippen molar-refractivity contribution in [2.45, 2.75) is 13.8 Å². The van der Waals surface area contributed by atoms with E-state index >= 15 is 0 Å². The molecule has 4 heteroatoms. The summed E-state index contributed by atoms with van der Waals surface area (Å²) >= 11 is 0. The van der Waals surface area contributed by atoms with E-state index in [1.54, 1.807) is 30.3 Å². The van der Waals surface area contributed by atoms with Crippen molar-refractivity contribution >= 4 is 23.2 Å². The third-order valence-electron chi connectivity index (χ3n) is 3.97. The summed E-state index contributed by atoms with van der Waals surface area (Å²) in [4.78, 5) is 24.8. The van der Waals surface area contributed by atoms with E-state index in [2.05, 4.69) is 10.6 Å². The summed E-state index contributed by atoms with van der Waals surface area (Å²) in [6, 6.07) is 21.8. The molecular formula is C22H20N2O2. The van der Waals surface area contributed by atoms with Gasteiger partial charge in [0.1, 0.15) is 0 Å². The van der Waals surface area contributed by atoms with Gasteiger partial charge in [-0.05, 0) is 56.3 Å². The molecule has 0 fully saturated rings. The monoisotopic (exact) mass is 344 g/mol. The summed E-state index contributed by atoms with van der Waals surface area (Å²) in [6.07, 6.45) is 0. The molecule has 3 rings (SSSR count). The topological polar surface area (TPSA) is 58.2 Å². The Morgan fingerprint density at radius 3 is 1.85 bits per heavy atom. The lowest BCUT2D eigenvalue weighted by molar-refractivity contribution is 0.101. The van der Waals surface area contributed by atoms with Crippen LogP contribution in [0.25, 0.3) is 0 Å². The first kappa shape index (κ1) is 17.4. The number of anilines is 2. The summed E-state index contributed by atoms with van der Waals surface area (Å²) in [6.45, 7) is 3.93. The summed E-state index contributed by atoms with van der Waals surface area (Å²) in [5.74, 6) is -0.426. The SMILES string of the molecule is Cc1ccc(NC(=O)c2cccc(NC(=O)c3cccc(C)c3)c2)cc1.